The van der Waals surface area contributed by atoms with Gasteiger partial charge in [0.1, 0.15) is 5.75 Å². The molecule has 0 unspecified atom stereocenters. The molecule has 5 heteroatoms. The number of benzene rings is 2. The molecule has 2 heterocycles. The van der Waals surface area contributed by atoms with Crippen molar-refractivity contribution in [1.29, 1.82) is 0 Å². The third-order valence-electron chi connectivity index (χ3n) is 5.44. The van der Waals surface area contributed by atoms with Crippen LogP contribution in [0, 0.1) is 0 Å². The van der Waals surface area contributed by atoms with Crippen molar-refractivity contribution >= 4 is 6.03 Å². The number of nitrogens with one attached hydrogen (secondary N) is 2. The molecule has 2 aliphatic rings. The van der Waals surface area contributed by atoms with E-state index < -0.39 is 0 Å². The summed E-state index contributed by atoms with van der Waals surface area (Å²) in [7, 11) is 0. The van der Waals surface area contributed by atoms with Gasteiger partial charge in [-0.15, -0.1) is 0 Å². The van der Waals surface area contributed by atoms with Gasteiger partial charge in [0, 0.05) is 37.7 Å². The highest BCUT2D eigenvalue weighted by Gasteiger charge is 2.25. The Balaban J connectivity index is 1.24. The molecule has 2 amide bonds. The fraction of sp³-hybridized carbons (Fsp3) is 0.409. The highest BCUT2D eigenvalue weighted by Crippen LogP contribution is 2.31. The number of para-hydroxylation sites is 1. The second kappa shape index (κ2) is 8.44. The molecule has 0 saturated carbocycles. The summed E-state index contributed by atoms with van der Waals surface area (Å²) in [5.74, 6) is 0.878. The van der Waals surface area contributed by atoms with Gasteiger partial charge in [-0.2, -0.15) is 0 Å². The molecule has 0 aliphatic carbocycles. The second-order valence-electron chi connectivity index (χ2n) is 7.38. The number of carbonyl (C=O) groups excluding carboxylic acids is 1. The van der Waals surface area contributed by atoms with Crippen LogP contribution in [0.15, 0.2) is 54.6 Å². The van der Waals surface area contributed by atoms with Gasteiger partial charge in [-0.3, -0.25) is 4.90 Å². The molecule has 0 spiro atoms. The van der Waals surface area contributed by atoms with Crippen LogP contribution < -0.4 is 15.4 Å². The molecule has 4 rings (SSSR count). The van der Waals surface area contributed by atoms with Gasteiger partial charge in [0.2, 0.25) is 0 Å². The number of piperidine rings is 1. The van der Waals surface area contributed by atoms with E-state index in [0.717, 1.165) is 50.2 Å². The minimum absolute atomic E-state index is 0.0214. The Morgan fingerprint density at radius 1 is 0.963 bits per heavy atom. The predicted molar refractivity (Wildman–Crippen MR) is 106 cm³/mol. The lowest BCUT2D eigenvalue weighted by Crippen LogP contribution is -2.48. The number of hydrogen-bond donors (Lipinski definition) is 2. The first-order chi connectivity index (χ1) is 13.3. The number of carbonyl (C=O) groups is 1. The molecular weight excluding hydrogens is 338 g/mol. The van der Waals surface area contributed by atoms with E-state index in [9.17, 15) is 4.79 Å². The summed E-state index contributed by atoms with van der Waals surface area (Å²) in [4.78, 5) is 14.9. The lowest BCUT2D eigenvalue weighted by atomic mass is 10.0. The molecular formula is C22H27N3O2. The Labute approximate surface area is 160 Å². The van der Waals surface area contributed by atoms with Crippen LogP contribution in [-0.2, 0) is 6.54 Å². The highest BCUT2D eigenvalue weighted by molar-refractivity contribution is 5.75. The molecule has 0 aromatic heterocycles. The van der Waals surface area contributed by atoms with Crippen LogP contribution in [0.2, 0.25) is 0 Å². The maximum Gasteiger partial charge on any atom is 0.315 e. The Morgan fingerprint density at radius 3 is 2.52 bits per heavy atom. The second-order valence-corrected chi connectivity index (χ2v) is 7.38. The van der Waals surface area contributed by atoms with E-state index in [2.05, 4.69) is 45.9 Å². The first-order valence-corrected chi connectivity index (χ1v) is 9.83. The van der Waals surface area contributed by atoms with Crippen LogP contribution in [-0.4, -0.2) is 36.7 Å². The van der Waals surface area contributed by atoms with Crippen molar-refractivity contribution in [2.75, 3.05) is 19.7 Å². The molecule has 0 radical (unpaired) electrons. The molecule has 27 heavy (non-hydrogen) atoms. The molecule has 5 nitrogen and oxygen atoms in total. The Kier molecular flexibility index (Phi) is 5.58. The zero-order valence-corrected chi connectivity index (χ0v) is 15.6. The number of fused-ring (bicyclic) bond motifs is 1. The summed E-state index contributed by atoms with van der Waals surface area (Å²) in [6.45, 7) is 3.65. The van der Waals surface area contributed by atoms with Crippen molar-refractivity contribution in [3.05, 3.63) is 65.7 Å². The summed E-state index contributed by atoms with van der Waals surface area (Å²) in [6, 6.07) is 18.7. The van der Waals surface area contributed by atoms with Crippen molar-refractivity contribution in [2.45, 2.75) is 37.9 Å². The van der Waals surface area contributed by atoms with Gasteiger partial charge in [-0.25, -0.2) is 4.79 Å². The topological polar surface area (TPSA) is 53.6 Å². The number of amides is 2. The normalized spacial score (nSPS) is 20.4. The van der Waals surface area contributed by atoms with E-state index >= 15 is 0 Å². The molecule has 1 fully saturated rings. The first kappa shape index (κ1) is 17.9. The van der Waals surface area contributed by atoms with Gasteiger partial charge in [-0.1, -0.05) is 48.5 Å². The smallest absolute Gasteiger partial charge is 0.315 e. The number of nitrogens with zero attached hydrogens (tertiary/aromatic N) is 1. The Hall–Kier alpha value is -2.53. The quantitative estimate of drug-likeness (QED) is 0.872. The maximum atomic E-state index is 12.5. The van der Waals surface area contributed by atoms with Crippen molar-refractivity contribution < 1.29 is 9.53 Å². The lowest BCUT2D eigenvalue weighted by Gasteiger charge is -2.33. The average molecular weight is 365 g/mol. The summed E-state index contributed by atoms with van der Waals surface area (Å²) in [5, 5.41) is 6.29. The van der Waals surface area contributed by atoms with E-state index in [0.29, 0.717) is 6.61 Å². The summed E-state index contributed by atoms with van der Waals surface area (Å²) in [6.07, 6.45) is 2.79. The zero-order chi connectivity index (χ0) is 18.5. The fourth-order valence-corrected chi connectivity index (χ4v) is 3.95. The highest BCUT2D eigenvalue weighted by atomic mass is 16.5. The monoisotopic (exact) mass is 365 g/mol. The van der Waals surface area contributed by atoms with Crippen molar-refractivity contribution in [1.82, 2.24) is 15.5 Å². The Bertz CT molecular complexity index is 757. The van der Waals surface area contributed by atoms with Crippen LogP contribution in [0.1, 0.15) is 36.4 Å². The van der Waals surface area contributed by atoms with Crippen molar-refractivity contribution in [3.8, 4) is 5.75 Å². The minimum atomic E-state index is -0.0711. The van der Waals surface area contributed by atoms with Gasteiger partial charge >= 0.3 is 6.03 Å². The lowest BCUT2D eigenvalue weighted by molar-refractivity contribution is 0.183. The summed E-state index contributed by atoms with van der Waals surface area (Å²) < 4.78 is 5.67. The summed E-state index contributed by atoms with van der Waals surface area (Å²) in [5.41, 5.74) is 2.41. The number of urea groups is 1. The van der Waals surface area contributed by atoms with Crippen LogP contribution in [0.5, 0.6) is 5.75 Å². The van der Waals surface area contributed by atoms with E-state index in [1.165, 1.54) is 5.56 Å². The number of rotatable bonds is 4. The zero-order valence-electron chi connectivity index (χ0n) is 15.6. The molecule has 0 bridgehead atoms. The number of hydrogen-bond acceptors (Lipinski definition) is 3. The van der Waals surface area contributed by atoms with Crippen LogP contribution in [0.4, 0.5) is 4.79 Å². The summed E-state index contributed by atoms with van der Waals surface area (Å²) >= 11 is 0. The molecule has 2 N–H and O–H groups in total. The minimum Gasteiger partial charge on any atom is -0.493 e. The third kappa shape index (κ3) is 4.61. The maximum absolute atomic E-state index is 12.5. The van der Waals surface area contributed by atoms with Gasteiger partial charge in [0.05, 0.1) is 12.6 Å². The number of likely N-dealkylation sites (tertiary alicyclic amines) is 1. The molecule has 1 saturated heterocycles. The molecule has 142 valence electrons. The van der Waals surface area contributed by atoms with Gasteiger partial charge in [0.25, 0.3) is 0 Å². The molecule has 2 aliphatic heterocycles. The molecule has 2 aromatic carbocycles. The van der Waals surface area contributed by atoms with E-state index in [4.69, 9.17) is 4.74 Å². The van der Waals surface area contributed by atoms with Crippen LogP contribution >= 0.6 is 0 Å². The van der Waals surface area contributed by atoms with Gasteiger partial charge < -0.3 is 15.4 Å². The average Bonchev–Trinajstić information content (AvgIpc) is 2.71. The van der Waals surface area contributed by atoms with Gasteiger partial charge in [0.15, 0.2) is 0 Å². The number of ether oxygens (including phenoxy) is 1. The largest absolute Gasteiger partial charge is 0.493 e. The van der Waals surface area contributed by atoms with E-state index in [1.807, 2.05) is 24.3 Å². The van der Waals surface area contributed by atoms with E-state index in [1.54, 1.807) is 0 Å². The molecule has 2 aromatic rings. The first-order valence-electron chi connectivity index (χ1n) is 9.83. The Morgan fingerprint density at radius 2 is 1.70 bits per heavy atom. The van der Waals surface area contributed by atoms with Crippen LogP contribution in [0.25, 0.3) is 0 Å². The standard InChI is InChI=1S/C22H27N3O2/c26-22(24-20-12-15-27-21-9-5-4-8-19(20)21)23-18-10-13-25(14-11-18)16-17-6-2-1-3-7-17/h1-9,18,20H,10-16H2,(H2,23,24,26)/t20-/m0/s1. The fourth-order valence-electron chi connectivity index (χ4n) is 3.95. The van der Waals surface area contributed by atoms with Crippen molar-refractivity contribution in [3.63, 3.8) is 0 Å². The third-order valence-corrected chi connectivity index (χ3v) is 5.44. The molecule has 1 atom stereocenters. The predicted octanol–water partition coefficient (Wildman–Crippen LogP) is 3.47. The van der Waals surface area contributed by atoms with E-state index in [-0.39, 0.29) is 18.1 Å². The van der Waals surface area contributed by atoms with Crippen LogP contribution in [0.3, 0.4) is 0 Å². The van der Waals surface area contributed by atoms with Gasteiger partial charge in [-0.05, 0) is 24.5 Å². The SMILES string of the molecule is O=C(NC1CCN(Cc2ccccc2)CC1)N[C@H]1CCOc2ccccc21. The van der Waals surface area contributed by atoms with Crippen molar-refractivity contribution in [2.24, 2.45) is 0 Å².